The molecule has 1 aliphatic carbocycles. The molecular formula is C15H22N2O3S. The first kappa shape index (κ1) is 15.8. The summed E-state index contributed by atoms with van der Waals surface area (Å²) in [7, 11) is -3.45. The number of benzene rings is 1. The van der Waals surface area contributed by atoms with Crippen LogP contribution < -0.4 is 10.0 Å². The fraction of sp³-hybridized carbons (Fsp3) is 0.533. The van der Waals surface area contributed by atoms with Crippen molar-refractivity contribution in [3.63, 3.8) is 0 Å². The molecule has 1 saturated carbocycles. The number of hydrogen-bond acceptors (Lipinski definition) is 3. The fourth-order valence-corrected chi connectivity index (χ4v) is 2.53. The van der Waals surface area contributed by atoms with Crippen molar-refractivity contribution in [1.82, 2.24) is 5.32 Å². The van der Waals surface area contributed by atoms with Crippen LogP contribution in [0, 0.1) is 5.92 Å². The lowest BCUT2D eigenvalue weighted by Crippen LogP contribution is -2.33. The highest BCUT2D eigenvalue weighted by Gasteiger charge is 2.34. The van der Waals surface area contributed by atoms with E-state index < -0.39 is 14.8 Å². The van der Waals surface area contributed by atoms with Gasteiger partial charge in [0.1, 0.15) is 0 Å². The van der Waals surface area contributed by atoms with Crippen LogP contribution in [-0.4, -0.2) is 25.1 Å². The van der Waals surface area contributed by atoms with E-state index in [4.69, 9.17) is 0 Å². The molecule has 2 N–H and O–H groups in total. The molecule has 0 bridgehead atoms. The SMILES string of the molecule is CC1CC1NC(=O)c1ccc(NS(=O)(=O)C(C)(C)C)cc1. The molecule has 1 aliphatic rings. The van der Waals surface area contributed by atoms with E-state index >= 15 is 0 Å². The minimum Gasteiger partial charge on any atom is -0.349 e. The molecule has 2 unspecified atom stereocenters. The molecule has 116 valence electrons. The van der Waals surface area contributed by atoms with Gasteiger partial charge in [-0.2, -0.15) is 0 Å². The van der Waals surface area contributed by atoms with Crippen LogP contribution >= 0.6 is 0 Å². The van der Waals surface area contributed by atoms with Gasteiger partial charge in [-0.1, -0.05) is 6.92 Å². The Hall–Kier alpha value is -1.56. The van der Waals surface area contributed by atoms with E-state index in [1.807, 2.05) is 0 Å². The summed E-state index contributed by atoms with van der Waals surface area (Å²) in [6.07, 6.45) is 1.02. The summed E-state index contributed by atoms with van der Waals surface area (Å²) in [6.45, 7) is 6.99. The van der Waals surface area contributed by atoms with Gasteiger partial charge < -0.3 is 5.32 Å². The van der Waals surface area contributed by atoms with E-state index in [0.717, 1.165) is 6.42 Å². The molecule has 0 saturated heterocycles. The van der Waals surface area contributed by atoms with Gasteiger partial charge in [0.15, 0.2) is 0 Å². The molecule has 5 nitrogen and oxygen atoms in total. The number of carbonyl (C=O) groups excluding carboxylic acids is 1. The molecule has 0 aromatic heterocycles. The van der Waals surface area contributed by atoms with Gasteiger partial charge in [-0.15, -0.1) is 0 Å². The maximum atomic E-state index is 12.0. The second kappa shape index (κ2) is 5.33. The molecular weight excluding hydrogens is 288 g/mol. The summed E-state index contributed by atoms with van der Waals surface area (Å²) in [5.74, 6) is 0.432. The summed E-state index contributed by atoms with van der Waals surface area (Å²) < 4.78 is 25.7. The van der Waals surface area contributed by atoms with E-state index in [1.165, 1.54) is 0 Å². The first-order chi connectivity index (χ1) is 9.60. The number of carbonyl (C=O) groups is 1. The maximum absolute atomic E-state index is 12.0. The molecule has 21 heavy (non-hydrogen) atoms. The highest BCUT2D eigenvalue weighted by molar-refractivity contribution is 7.94. The Kier molecular flexibility index (Phi) is 4.02. The first-order valence-electron chi connectivity index (χ1n) is 7.03. The fourth-order valence-electron chi connectivity index (χ4n) is 1.77. The average Bonchev–Trinajstić information content (AvgIpc) is 3.03. The summed E-state index contributed by atoms with van der Waals surface area (Å²) >= 11 is 0. The second-order valence-corrected chi connectivity index (χ2v) is 9.02. The minimum absolute atomic E-state index is 0.116. The number of hydrogen-bond donors (Lipinski definition) is 2. The number of sulfonamides is 1. The Morgan fingerprint density at radius 2 is 1.71 bits per heavy atom. The maximum Gasteiger partial charge on any atom is 0.251 e. The van der Waals surface area contributed by atoms with Crippen LogP contribution in [0.3, 0.4) is 0 Å². The van der Waals surface area contributed by atoms with E-state index in [2.05, 4.69) is 17.0 Å². The molecule has 6 heteroatoms. The van der Waals surface area contributed by atoms with Gasteiger partial charge in [-0.05, 0) is 57.4 Å². The summed E-state index contributed by atoms with van der Waals surface area (Å²) in [6, 6.07) is 6.74. The minimum atomic E-state index is -3.45. The zero-order chi connectivity index (χ0) is 15.8. The van der Waals surface area contributed by atoms with E-state index in [0.29, 0.717) is 17.2 Å². The number of amides is 1. The van der Waals surface area contributed by atoms with Crippen LogP contribution in [0.25, 0.3) is 0 Å². The van der Waals surface area contributed by atoms with Crippen LogP contribution in [0.2, 0.25) is 0 Å². The van der Waals surface area contributed by atoms with Crippen LogP contribution in [0.4, 0.5) is 5.69 Å². The Morgan fingerprint density at radius 3 is 2.14 bits per heavy atom. The lowest BCUT2D eigenvalue weighted by Gasteiger charge is -2.20. The van der Waals surface area contributed by atoms with Crippen LogP contribution in [0.5, 0.6) is 0 Å². The summed E-state index contributed by atoms with van der Waals surface area (Å²) in [5, 5.41) is 2.93. The van der Waals surface area contributed by atoms with Crippen molar-refractivity contribution in [1.29, 1.82) is 0 Å². The predicted octanol–water partition coefficient (Wildman–Crippen LogP) is 2.37. The van der Waals surface area contributed by atoms with E-state index in [1.54, 1.807) is 45.0 Å². The molecule has 1 amide bonds. The molecule has 2 rings (SSSR count). The zero-order valence-corrected chi connectivity index (χ0v) is 13.6. The lowest BCUT2D eigenvalue weighted by atomic mass is 10.2. The Balaban J connectivity index is 2.04. The first-order valence-corrected chi connectivity index (χ1v) is 8.52. The quantitative estimate of drug-likeness (QED) is 0.896. The van der Waals surface area contributed by atoms with Crippen molar-refractivity contribution in [2.24, 2.45) is 5.92 Å². The van der Waals surface area contributed by atoms with Gasteiger partial charge >= 0.3 is 0 Å². The molecule has 2 atom stereocenters. The van der Waals surface area contributed by atoms with Gasteiger partial charge in [-0.3, -0.25) is 9.52 Å². The van der Waals surface area contributed by atoms with Gasteiger partial charge in [0.05, 0.1) is 4.75 Å². The van der Waals surface area contributed by atoms with Gasteiger partial charge in [-0.25, -0.2) is 8.42 Å². The van der Waals surface area contributed by atoms with Gasteiger partial charge in [0, 0.05) is 17.3 Å². The normalized spacial score (nSPS) is 21.7. The number of rotatable bonds is 4. The van der Waals surface area contributed by atoms with E-state index in [-0.39, 0.29) is 11.9 Å². The molecule has 0 spiro atoms. The highest BCUT2D eigenvalue weighted by Crippen LogP contribution is 2.29. The van der Waals surface area contributed by atoms with Crippen LogP contribution in [0.1, 0.15) is 44.5 Å². The van der Waals surface area contributed by atoms with Crippen LogP contribution in [0.15, 0.2) is 24.3 Å². The monoisotopic (exact) mass is 310 g/mol. The summed E-state index contributed by atoms with van der Waals surface area (Å²) in [5.41, 5.74) is 0.995. The third kappa shape index (κ3) is 3.75. The summed E-state index contributed by atoms with van der Waals surface area (Å²) in [4.78, 5) is 11.9. The van der Waals surface area contributed by atoms with Crippen molar-refractivity contribution in [2.75, 3.05) is 4.72 Å². The standard InChI is InChI=1S/C15H22N2O3S/c1-10-9-13(10)16-14(18)11-5-7-12(8-6-11)17-21(19,20)15(2,3)4/h5-8,10,13,17H,9H2,1-4H3,(H,16,18). The predicted molar refractivity (Wildman–Crippen MR) is 83.8 cm³/mol. The number of anilines is 1. The van der Waals surface area contributed by atoms with Crippen molar-refractivity contribution in [3.8, 4) is 0 Å². The van der Waals surface area contributed by atoms with Crippen molar-refractivity contribution >= 4 is 21.6 Å². The zero-order valence-electron chi connectivity index (χ0n) is 12.8. The third-order valence-corrected chi connectivity index (χ3v) is 5.75. The highest BCUT2D eigenvalue weighted by atomic mass is 32.2. The molecule has 1 aromatic rings. The van der Waals surface area contributed by atoms with E-state index in [9.17, 15) is 13.2 Å². The Bertz CT molecular complexity index is 630. The van der Waals surface area contributed by atoms with Crippen molar-refractivity contribution in [2.45, 2.75) is 44.9 Å². The smallest absolute Gasteiger partial charge is 0.251 e. The molecule has 1 fully saturated rings. The lowest BCUT2D eigenvalue weighted by molar-refractivity contribution is 0.0949. The molecule has 0 radical (unpaired) electrons. The molecule has 1 aromatic carbocycles. The topological polar surface area (TPSA) is 75.3 Å². The molecule has 0 heterocycles. The van der Waals surface area contributed by atoms with Crippen molar-refractivity contribution in [3.05, 3.63) is 29.8 Å². The van der Waals surface area contributed by atoms with Gasteiger partial charge in [0.2, 0.25) is 10.0 Å². The van der Waals surface area contributed by atoms with Crippen LogP contribution in [-0.2, 0) is 10.0 Å². The largest absolute Gasteiger partial charge is 0.349 e. The number of nitrogens with one attached hydrogen (secondary N) is 2. The average molecular weight is 310 g/mol. The second-order valence-electron chi connectivity index (χ2n) is 6.59. The van der Waals surface area contributed by atoms with Crippen molar-refractivity contribution < 1.29 is 13.2 Å². The Labute approximate surface area is 126 Å². The third-order valence-electron chi connectivity index (χ3n) is 3.63. The Morgan fingerprint density at radius 1 is 1.19 bits per heavy atom. The van der Waals surface area contributed by atoms with Gasteiger partial charge in [0.25, 0.3) is 5.91 Å². The molecule has 0 aliphatic heterocycles.